The summed E-state index contributed by atoms with van der Waals surface area (Å²) in [7, 11) is 0. The van der Waals surface area contributed by atoms with E-state index >= 15 is 0 Å². The number of carbonyl (C=O) groups excluding carboxylic acids is 1. The summed E-state index contributed by atoms with van der Waals surface area (Å²) in [6.45, 7) is 10.1. The Kier molecular flexibility index (Phi) is 5.81. The molecule has 2 amide bonds. The van der Waals surface area contributed by atoms with Crippen molar-refractivity contribution in [2.75, 3.05) is 31.1 Å². The molecule has 1 N–H and O–H groups in total. The summed E-state index contributed by atoms with van der Waals surface area (Å²) in [6.07, 6.45) is 0.980. The van der Waals surface area contributed by atoms with Gasteiger partial charge in [0.2, 0.25) is 0 Å². The number of para-hydroxylation sites is 1. The summed E-state index contributed by atoms with van der Waals surface area (Å²) >= 11 is 0. The van der Waals surface area contributed by atoms with Gasteiger partial charge in [-0.1, -0.05) is 18.2 Å². The largest absolute Gasteiger partial charge is 0.370 e. The van der Waals surface area contributed by atoms with Gasteiger partial charge >= 0.3 is 6.03 Å². The van der Waals surface area contributed by atoms with E-state index in [0.717, 1.165) is 44.0 Å². The molecule has 1 aliphatic heterocycles. The molecule has 2 heterocycles. The average molecular weight is 355 g/mol. The minimum absolute atomic E-state index is 0.0222. The van der Waals surface area contributed by atoms with E-state index in [2.05, 4.69) is 45.6 Å². The second-order valence-corrected chi connectivity index (χ2v) is 7.12. The molecule has 3 rings (SSSR count). The second kappa shape index (κ2) is 8.25. The number of nitrogens with one attached hydrogen (secondary N) is 1. The minimum Gasteiger partial charge on any atom is -0.370 e. The Labute approximate surface area is 155 Å². The average Bonchev–Trinajstić information content (AvgIpc) is 2.82. The van der Waals surface area contributed by atoms with E-state index in [1.165, 1.54) is 5.69 Å². The Morgan fingerprint density at radius 1 is 1.15 bits per heavy atom. The van der Waals surface area contributed by atoms with Crippen LogP contribution in [0.2, 0.25) is 0 Å². The highest BCUT2D eigenvalue weighted by Gasteiger charge is 2.20. The number of hydrogen-bond donors (Lipinski definition) is 1. The van der Waals surface area contributed by atoms with E-state index in [1.54, 1.807) is 0 Å². The lowest BCUT2D eigenvalue weighted by molar-refractivity contribution is 0.196. The van der Waals surface area contributed by atoms with Gasteiger partial charge in [-0.05, 0) is 45.4 Å². The number of carbonyl (C=O) groups is 1. The monoisotopic (exact) mass is 355 g/mol. The van der Waals surface area contributed by atoms with Gasteiger partial charge in [0.05, 0.1) is 12.2 Å². The molecule has 0 radical (unpaired) electrons. The molecule has 0 aliphatic carbocycles. The summed E-state index contributed by atoms with van der Waals surface area (Å²) in [6, 6.07) is 12.5. The third-order valence-electron chi connectivity index (χ3n) is 4.82. The van der Waals surface area contributed by atoms with Crippen molar-refractivity contribution in [3.8, 4) is 0 Å². The van der Waals surface area contributed by atoms with Crippen molar-refractivity contribution >= 4 is 11.7 Å². The molecule has 26 heavy (non-hydrogen) atoms. The molecule has 0 bridgehead atoms. The van der Waals surface area contributed by atoms with Crippen LogP contribution in [0.25, 0.3) is 0 Å². The van der Waals surface area contributed by atoms with Crippen molar-refractivity contribution in [3.63, 3.8) is 0 Å². The lowest BCUT2D eigenvalue weighted by Crippen LogP contribution is -2.46. The van der Waals surface area contributed by atoms with Gasteiger partial charge in [0, 0.05) is 43.6 Å². The zero-order valence-corrected chi connectivity index (χ0v) is 16.0. The van der Waals surface area contributed by atoms with E-state index in [9.17, 15) is 4.79 Å². The van der Waals surface area contributed by atoms with E-state index in [4.69, 9.17) is 0 Å². The van der Waals surface area contributed by atoms with Crippen LogP contribution in [0.1, 0.15) is 24.7 Å². The molecule has 1 aliphatic rings. The molecular formula is C20H29N5O. The number of aromatic nitrogens is 2. The molecule has 0 spiro atoms. The number of benzene rings is 1. The number of rotatable bonds is 4. The van der Waals surface area contributed by atoms with Crippen molar-refractivity contribution in [2.45, 2.75) is 39.8 Å². The lowest BCUT2D eigenvalue weighted by atomic mass is 10.3. The quantitative estimate of drug-likeness (QED) is 0.918. The summed E-state index contributed by atoms with van der Waals surface area (Å²) in [5.41, 5.74) is 3.36. The second-order valence-electron chi connectivity index (χ2n) is 7.12. The van der Waals surface area contributed by atoms with Crippen LogP contribution in [0.4, 0.5) is 10.5 Å². The maximum absolute atomic E-state index is 12.7. The Balaban J connectivity index is 1.52. The van der Waals surface area contributed by atoms with Gasteiger partial charge in [0.1, 0.15) is 0 Å². The van der Waals surface area contributed by atoms with Crippen LogP contribution in [-0.4, -0.2) is 52.9 Å². The Bertz CT molecular complexity index is 727. The number of amides is 2. The fourth-order valence-corrected chi connectivity index (χ4v) is 3.48. The molecule has 0 saturated carbocycles. The summed E-state index contributed by atoms with van der Waals surface area (Å²) < 4.78 is 1.96. The van der Waals surface area contributed by atoms with E-state index in [0.29, 0.717) is 6.54 Å². The highest BCUT2D eigenvalue weighted by atomic mass is 16.2. The van der Waals surface area contributed by atoms with Gasteiger partial charge in [0.15, 0.2) is 0 Å². The first kappa shape index (κ1) is 18.3. The van der Waals surface area contributed by atoms with Gasteiger partial charge in [-0.2, -0.15) is 5.10 Å². The van der Waals surface area contributed by atoms with Crippen molar-refractivity contribution in [1.82, 2.24) is 20.0 Å². The molecule has 2 aromatic rings. The van der Waals surface area contributed by atoms with Crippen LogP contribution < -0.4 is 10.2 Å². The zero-order valence-electron chi connectivity index (χ0n) is 16.0. The van der Waals surface area contributed by atoms with Crippen LogP contribution >= 0.6 is 0 Å². The van der Waals surface area contributed by atoms with E-state index in [-0.39, 0.29) is 12.1 Å². The highest BCUT2D eigenvalue weighted by Crippen LogP contribution is 2.15. The fraction of sp³-hybridized carbons (Fsp3) is 0.500. The minimum atomic E-state index is 0.0222. The zero-order chi connectivity index (χ0) is 18.5. The van der Waals surface area contributed by atoms with E-state index in [1.807, 2.05) is 36.4 Å². The third kappa shape index (κ3) is 4.56. The van der Waals surface area contributed by atoms with Gasteiger partial charge < -0.3 is 15.1 Å². The molecule has 6 heteroatoms. The number of urea groups is 1. The van der Waals surface area contributed by atoms with Gasteiger partial charge in [0.25, 0.3) is 0 Å². The van der Waals surface area contributed by atoms with Gasteiger partial charge in [-0.15, -0.1) is 0 Å². The standard InChI is InChI=1S/C20H29N5O/c1-16-14-18(3)25(22-16)15-17(2)21-20(26)24-11-7-10-23(12-13-24)19-8-5-4-6-9-19/h4-6,8-9,14,17H,7,10-13,15H2,1-3H3,(H,21,26)/t17-/m1/s1. The Morgan fingerprint density at radius 3 is 2.62 bits per heavy atom. The van der Waals surface area contributed by atoms with Crippen LogP contribution in [0, 0.1) is 13.8 Å². The predicted molar refractivity (Wildman–Crippen MR) is 105 cm³/mol. The van der Waals surface area contributed by atoms with Crippen LogP contribution in [0.15, 0.2) is 36.4 Å². The maximum Gasteiger partial charge on any atom is 0.317 e. The Hall–Kier alpha value is -2.50. The predicted octanol–water partition coefficient (Wildman–Crippen LogP) is 2.81. The normalized spacial score (nSPS) is 16.3. The van der Waals surface area contributed by atoms with Crippen molar-refractivity contribution in [2.24, 2.45) is 0 Å². The van der Waals surface area contributed by atoms with Crippen molar-refractivity contribution in [3.05, 3.63) is 47.8 Å². The van der Waals surface area contributed by atoms with E-state index < -0.39 is 0 Å². The van der Waals surface area contributed by atoms with Crippen molar-refractivity contribution in [1.29, 1.82) is 0 Å². The third-order valence-corrected chi connectivity index (χ3v) is 4.82. The molecule has 1 aromatic carbocycles. The summed E-state index contributed by atoms with van der Waals surface area (Å²) in [5.74, 6) is 0. The summed E-state index contributed by atoms with van der Waals surface area (Å²) in [4.78, 5) is 16.9. The summed E-state index contributed by atoms with van der Waals surface area (Å²) in [5, 5.41) is 7.60. The van der Waals surface area contributed by atoms with Crippen LogP contribution in [0.5, 0.6) is 0 Å². The first-order valence-corrected chi connectivity index (χ1v) is 9.39. The number of hydrogen-bond acceptors (Lipinski definition) is 3. The van der Waals surface area contributed by atoms with Crippen LogP contribution in [-0.2, 0) is 6.54 Å². The smallest absolute Gasteiger partial charge is 0.317 e. The maximum atomic E-state index is 12.7. The molecular weight excluding hydrogens is 326 g/mol. The number of aryl methyl sites for hydroxylation is 2. The first-order valence-electron chi connectivity index (χ1n) is 9.39. The molecule has 1 fully saturated rings. The first-order chi connectivity index (χ1) is 12.5. The number of anilines is 1. The lowest BCUT2D eigenvalue weighted by Gasteiger charge is -2.25. The molecule has 1 atom stereocenters. The van der Waals surface area contributed by atoms with Gasteiger partial charge in [-0.25, -0.2) is 4.79 Å². The van der Waals surface area contributed by atoms with Crippen molar-refractivity contribution < 1.29 is 4.79 Å². The molecule has 1 saturated heterocycles. The SMILES string of the molecule is Cc1cc(C)n(C[C@@H](C)NC(=O)N2CCCN(c3ccccc3)CC2)n1. The number of nitrogens with zero attached hydrogens (tertiary/aromatic N) is 4. The molecule has 6 nitrogen and oxygen atoms in total. The highest BCUT2D eigenvalue weighted by molar-refractivity contribution is 5.74. The molecule has 0 unspecified atom stereocenters. The molecule has 1 aromatic heterocycles. The molecule has 140 valence electrons. The van der Waals surface area contributed by atoms with Gasteiger partial charge in [-0.3, -0.25) is 4.68 Å². The van der Waals surface area contributed by atoms with Crippen LogP contribution in [0.3, 0.4) is 0 Å². The Morgan fingerprint density at radius 2 is 1.92 bits per heavy atom. The fourth-order valence-electron chi connectivity index (χ4n) is 3.48. The topological polar surface area (TPSA) is 53.4 Å².